The number of carbonyl (C=O) groups excluding carboxylic acids is 1. The molecule has 0 aromatic rings. The highest BCUT2D eigenvalue weighted by Crippen LogP contribution is 2.27. The van der Waals surface area contributed by atoms with Gasteiger partial charge in [-0.2, -0.15) is 13.2 Å². The van der Waals surface area contributed by atoms with E-state index in [1.807, 2.05) is 0 Å². The Balaban J connectivity index is 4.65. The molecule has 1 N–H and O–H groups in total. The van der Waals surface area contributed by atoms with Crippen LogP contribution in [-0.2, 0) is 9.59 Å². The SMILES string of the molecule is CC(=O)N(C)C(C)(CCCC(F)(F)F)C(=O)O. The first-order chi connectivity index (χ1) is 7.50. The Hall–Kier alpha value is -1.27. The lowest BCUT2D eigenvalue weighted by Gasteiger charge is -2.34. The minimum absolute atomic E-state index is 0.238. The van der Waals surface area contributed by atoms with E-state index in [0.717, 1.165) is 4.90 Å². The van der Waals surface area contributed by atoms with E-state index in [9.17, 15) is 22.8 Å². The lowest BCUT2D eigenvalue weighted by Crippen LogP contribution is -2.52. The van der Waals surface area contributed by atoms with Crippen LogP contribution in [0.4, 0.5) is 13.2 Å². The molecule has 0 heterocycles. The van der Waals surface area contributed by atoms with E-state index >= 15 is 0 Å². The number of aliphatic carboxylic acids is 1. The molecule has 0 radical (unpaired) electrons. The van der Waals surface area contributed by atoms with Gasteiger partial charge in [0, 0.05) is 20.4 Å². The van der Waals surface area contributed by atoms with Gasteiger partial charge in [0.15, 0.2) is 0 Å². The molecule has 0 spiro atoms. The molecule has 17 heavy (non-hydrogen) atoms. The molecule has 0 aromatic carbocycles. The van der Waals surface area contributed by atoms with Gasteiger partial charge in [-0.05, 0) is 19.8 Å². The Labute approximate surface area is 97.4 Å². The highest BCUT2D eigenvalue weighted by Gasteiger charge is 2.39. The molecule has 0 saturated carbocycles. The van der Waals surface area contributed by atoms with E-state index in [0.29, 0.717) is 0 Å². The number of carboxylic acids is 1. The van der Waals surface area contributed by atoms with Crippen molar-refractivity contribution in [3.8, 4) is 0 Å². The first kappa shape index (κ1) is 15.7. The van der Waals surface area contributed by atoms with Crippen molar-refractivity contribution < 1.29 is 27.9 Å². The average molecular weight is 255 g/mol. The van der Waals surface area contributed by atoms with Crippen molar-refractivity contribution in [2.45, 2.75) is 44.8 Å². The number of rotatable bonds is 5. The molecule has 0 aromatic heterocycles. The van der Waals surface area contributed by atoms with Crippen LogP contribution < -0.4 is 0 Å². The normalized spacial score (nSPS) is 15.2. The van der Waals surface area contributed by atoms with Crippen molar-refractivity contribution in [3.05, 3.63) is 0 Å². The smallest absolute Gasteiger partial charge is 0.389 e. The summed E-state index contributed by atoms with van der Waals surface area (Å²) in [6.45, 7) is 2.41. The number of hydrogen-bond donors (Lipinski definition) is 1. The Kier molecular flexibility index (Phi) is 4.97. The van der Waals surface area contributed by atoms with Crippen LogP contribution in [-0.4, -0.2) is 40.6 Å². The largest absolute Gasteiger partial charge is 0.480 e. The first-order valence-electron chi connectivity index (χ1n) is 5.05. The lowest BCUT2D eigenvalue weighted by molar-refractivity contribution is -0.158. The number of nitrogens with zero attached hydrogens (tertiary/aromatic N) is 1. The summed E-state index contributed by atoms with van der Waals surface area (Å²) < 4.78 is 35.9. The molecule has 0 bridgehead atoms. The summed E-state index contributed by atoms with van der Waals surface area (Å²) in [5.41, 5.74) is -1.60. The Morgan fingerprint density at radius 2 is 1.71 bits per heavy atom. The van der Waals surface area contributed by atoms with Crippen LogP contribution in [0.25, 0.3) is 0 Å². The molecular weight excluding hydrogens is 239 g/mol. The number of carbonyl (C=O) groups is 2. The zero-order chi connectivity index (χ0) is 13.9. The van der Waals surface area contributed by atoms with E-state index in [-0.39, 0.29) is 12.8 Å². The van der Waals surface area contributed by atoms with Gasteiger partial charge in [-0.25, -0.2) is 4.79 Å². The van der Waals surface area contributed by atoms with Gasteiger partial charge >= 0.3 is 12.1 Å². The van der Waals surface area contributed by atoms with Gasteiger partial charge in [-0.3, -0.25) is 4.79 Å². The molecule has 1 unspecified atom stereocenters. The van der Waals surface area contributed by atoms with Gasteiger partial charge in [-0.1, -0.05) is 0 Å². The number of halogens is 3. The van der Waals surface area contributed by atoms with Gasteiger partial charge in [0.25, 0.3) is 0 Å². The summed E-state index contributed by atoms with van der Waals surface area (Å²) in [5, 5.41) is 9.01. The summed E-state index contributed by atoms with van der Waals surface area (Å²) in [5.74, 6) is -1.81. The summed E-state index contributed by atoms with van der Waals surface area (Å²) in [7, 11) is 1.27. The van der Waals surface area contributed by atoms with E-state index < -0.39 is 30.0 Å². The van der Waals surface area contributed by atoms with Crippen LogP contribution in [0.2, 0.25) is 0 Å². The maximum Gasteiger partial charge on any atom is 0.389 e. The summed E-state index contributed by atoms with van der Waals surface area (Å²) in [6, 6.07) is 0. The minimum Gasteiger partial charge on any atom is -0.480 e. The number of alkyl halides is 3. The summed E-state index contributed by atoms with van der Waals surface area (Å²) in [6.07, 6.45) is -5.93. The van der Waals surface area contributed by atoms with Crippen molar-refractivity contribution >= 4 is 11.9 Å². The molecular formula is C10H16F3NO3. The second kappa shape index (κ2) is 5.37. The molecule has 0 aliphatic rings. The molecule has 0 rings (SSSR count). The van der Waals surface area contributed by atoms with Gasteiger partial charge in [0.2, 0.25) is 5.91 Å². The Morgan fingerprint density at radius 1 is 1.24 bits per heavy atom. The fourth-order valence-electron chi connectivity index (χ4n) is 1.40. The van der Waals surface area contributed by atoms with Crippen LogP contribution in [0.3, 0.4) is 0 Å². The van der Waals surface area contributed by atoms with Crippen molar-refractivity contribution in [3.63, 3.8) is 0 Å². The van der Waals surface area contributed by atoms with Crippen molar-refractivity contribution in [2.75, 3.05) is 7.05 Å². The standard InChI is InChI=1S/C10H16F3NO3/c1-7(15)14(3)9(2,8(16)17)5-4-6-10(11,12)13/h4-6H2,1-3H3,(H,16,17). The van der Waals surface area contributed by atoms with Crippen molar-refractivity contribution in [1.29, 1.82) is 0 Å². The zero-order valence-corrected chi connectivity index (χ0v) is 9.97. The van der Waals surface area contributed by atoms with E-state index in [2.05, 4.69) is 0 Å². The van der Waals surface area contributed by atoms with Gasteiger partial charge in [0.05, 0.1) is 0 Å². The summed E-state index contributed by atoms with van der Waals surface area (Å²) >= 11 is 0. The highest BCUT2D eigenvalue weighted by molar-refractivity contribution is 5.85. The van der Waals surface area contributed by atoms with Crippen LogP contribution >= 0.6 is 0 Å². The quantitative estimate of drug-likeness (QED) is 0.817. The van der Waals surface area contributed by atoms with Crippen LogP contribution in [0.1, 0.15) is 33.1 Å². The molecule has 0 saturated heterocycles. The van der Waals surface area contributed by atoms with Crippen LogP contribution in [0.5, 0.6) is 0 Å². The maximum atomic E-state index is 12.0. The molecule has 100 valence electrons. The molecule has 7 heteroatoms. The second-order valence-corrected chi connectivity index (χ2v) is 4.13. The van der Waals surface area contributed by atoms with Crippen molar-refractivity contribution in [1.82, 2.24) is 4.90 Å². The first-order valence-corrected chi connectivity index (χ1v) is 5.05. The van der Waals surface area contributed by atoms with E-state index in [1.54, 1.807) is 0 Å². The highest BCUT2D eigenvalue weighted by atomic mass is 19.4. The maximum absolute atomic E-state index is 12.0. The number of hydrogen-bond acceptors (Lipinski definition) is 2. The molecule has 0 aliphatic carbocycles. The second-order valence-electron chi connectivity index (χ2n) is 4.13. The fraction of sp³-hybridized carbons (Fsp3) is 0.800. The van der Waals surface area contributed by atoms with Gasteiger partial charge in [-0.15, -0.1) is 0 Å². The number of amides is 1. The lowest BCUT2D eigenvalue weighted by atomic mass is 9.93. The van der Waals surface area contributed by atoms with Crippen LogP contribution in [0.15, 0.2) is 0 Å². The molecule has 1 amide bonds. The van der Waals surface area contributed by atoms with Crippen LogP contribution in [0, 0.1) is 0 Å². The van der Waals surface area contributed by atoms with Gasteiger partial charge < -0.3 is 10.0 Å². The number of carboxylic acid groups (broad SMARTS) is 1. The van der Waals surface area contributed by atoms with Gasteiger partial charge in [0.1, 0.15) is 5.54 Å². The molecule has 0 fully saturated rings. The van der Waals surface area contributed by atoms with E-state index in [4.69, 9.17) is 5.11 Å². The van der Waals surface area contributed by atoms with Crippen molar-refractivity contribution in [2.24, 2.45) is 0 Å². The Morgan fingerprint density at radius 3 is 2.00 bits per heavy atom. The number of likely N-dealkylation sites (N-methyl/N-ethyl adjacent to an activating group) is 1. The fourth-order valence-corrected chi connectivity index (χ4v) is 1.40. The van der Waals surface area contributed by atoms with E-state index in [1.165, 1.54) is 20.9 Å². The monoisotopic (exact) mass is 255 g/mol. The Bertz CT molecular complexity index is 304. The average Bonchev–Trinajstić information content (AvgIpc) is 2.13. The zero-order valence-electron chi connectivity index (χ0n) is 9.97. The molecule has 4 nitrogen and oxygen atoms in total. The third-order valence-corrected chi connectivity index (χ3v) is 2.80. The third-order valence-electron chi connectivity index (χ3n) is 2.80. The molecule has 1 atom stereocenters. The molecule has 0 aliphatic heterocycles. The minimum atomic E-state index is -4.31. The topological polar surface area (TPSA) is 57.6 Å². The third kappa shape index (κ3) is 4.62. The predicted molar refractivity (Wildman–Crippen MR) is 54.4 cm³/mol. The predicted octanol–water partition coefficient (Wildman–Crippen LogP) is 2.04. The summed E-state index contributed by atoms with van der Waals surface area (Å²) in [4.78, 5) is 23.1.